The Morgan fingerprint density at radius 2 is 2.00 bits per heavy atom. The molecular formula is C16H14FNO. The number of fused-ring (bicyclic) bond motifs is 1. The standard InChI is InChI=1S/C16H14FNO/c17-14-6-3-5-13(10-14)16(19)11-18-9-8-12-4-1-2-7-15(12)18/h1-7,10H,8-9,11H2. The Morgan fingerprint density at radius 3 is 2.84 bits per heavy atom. The van der Waals surface area contributed by atoms with Gasteiger partial charge < -0.3 is 4.90 Å². The van der Waals surface area contributed by atoms with Crippen LogP contribution in [0.25, 0.3) is 0 Å². The largest absolute Gasteiger partial charge is 0.363 e. The summed E-state index contributed by atoms with van der Waals surface area (Å²) < 4.78 is 13.1. The second kappa shape index (κ2) is 4.84. The number of para-hydroxylation sites is 1. The van der Waals surface area contributed by atoms with Crippen LogP contribution in [0.1, 0.15) is 15.9 Å². The summed E-state index contributed by atoms with van der Waals surface area (Å²) in [6.45, 7) is 1.15. The van der Waals surface area contributed by atoms with E-state index in [-0.39, 0.29) is 11.6 Å². The van der Waals surface area contributed by atoms with Crippen LogP contribution >= 0.6 is 0 Å². The Bertz CT molecular complexity index is 624. The lowest BCUT2D eigenvalue weighted by Crippen LogP contribution is -2.28. The molecule has 2 nitrogen and oxygen atoms in total. The first-order valence-electron chi connectivity index (χ1n) is 6.35. The molecule has 1 aliphatic rings. The number of nitrogens with zero attached hydrogens (tertiary/aromatic N) is 1. The zero-order valence-electron chi connectivity index (χ0n) is 10.5. The molecule has 1 heterocycles. The van der Waals surface area contributed by atoms with Gasteiger partial charge in [-0.05, 0) is 30.2 Å². The fourth-order valence-corrected chi connectivity index (χ4v) is 2.50. The van der Waals surface area contributed by atoms with E-state index >= 15 is 0 Å². The fraction of sp³-hybridized carbons (Fsp3) is 0.188. The van der Waals surface area contributed by atoms with E-state index in [9.17, 15) is 9.18 Å². The third-order valence-electron chi connectivity index (χ3n) is 3.46. The summed E-state index contributed by atoms with van der Waals surface area (Å²) in [5.41, 5.74) is 2.83. The molecule has 3 rings (SSSR count). The minimum absolute atomic E-state index is 0.0452. The molecule has 2 aromatic rings. The van der Waals surface area contributed by atoms with Crippen LogP contribution in [0.4, 0.5) is 10.1 Å². The van der Waals surface area contributed by atoms with E-state index in [4.69, 9.17) is 0 Å². The third-order valence-corrected chi connectivity index (χ3v) is 3.46. The van der Waals surface area contributed by atoms with E-state index < -0.39 is 0 Å². The smallest absolute Gasteiger partial charge is 0.182 e. The summed E-state index contributed by atoms with van der Waals surface area (Å²) in [5.74, 6) is -0.413. The average molecular weight is 255 g/mol. The van der Waals surface area contributed by atoms with Crippen LogP contribution in [0.5, 0.6) is 0 Å². The van der Waals surface area contributed by atoms with Crippen molar-refractivity contribution < 1.29 is 9.18 Å². The molecule has 19 heavy (non-hydrogen) atoms. The molecule has 3 heteroatoms. The molecule has 0 unspecified atom stereocenters. The van der Waals surface area contributed by atoms with E-state index in [2.05, 4.69) is 11.0 Å². The molecule has 0 fully saturated rings. The number of rotatable bonds is 3. The number of anilines is 1. The van der Waals surface area contributed by atoms with E-state index in [0.717, 1.165) is 18.7 Å². The number of ketones is 1. The second-order valence-corrected chi connectivity index (χ2v) is 4.73. The second-order valence-electron chi connectivity index (χ2n) is 4.73. The zero-order chi connectivity index (χ0) is 13.2. The quantitative estimate of drug-likeness (QED) is 0.786. The molecule has 0 bridgehead atoms. The van der Waals surface area contributed by atoms with Crippen molar-refractivity contribution in [1.29, 1.82) is 0 Å². The van der Waals surface area contributed by atoms with Crippen molar-refractivity contribution in [3.8, 4) is 0 Å². The Labute approximate surface area is 111 Å². The van der Waals surface area contributed by atoms with E-state index in [1.807, 2.05) is 18.2 Å². The molecule has 0 saturated heterocycles. The first-order valence-corrected chi connectivity index (χ1v) is 6.35. The number of hydrogen-bond acceptors (Lipinski definition) is 2. The summed E-state index contributed by atoms with van der Waals surface area (Å²) in [6, 6.07) is 14.0. The maximum Gasteiger partial charge on any atom is 0.182 e. The summed E-state index contributed by atoms with van der Waals surface area (Å²) in [7, 11) is 0. The Morgan fingerprint density at radius 1 is 1.16 bits per heavy atom. The topological polar surface area (TPSA) is 20.3 Å². The summed E-state index contributed by atoms with van der Waals surface area (Å²) in [4.78, 5) is 14.2. The lowest BCUT2D eigenvalue weighted by molar-refractivity contribution is 0.0999. The molecule has 2 aromatic carbocycles. The van der Waals surface area contributed by atoms with Crippen LogP contribution in [0.3, 0.4) is 0 Å². The number of halogens is 1. The number of Topliss-reactive ketones (excluding diaryl/α,β-unsaturated/α-hetero) is 1. The van der Waals surface area contributed by atoms with Gasteiger partial charge in [0, 0.05) is 17.8 Å². The number of carbonyl (C=O) groups is 1. The van der Waals surface area contributed by atoms with E-state index in [0.29, 0.717) is 12.1 Å². The SMILES string of the molecule is O=C(CN1CCc2ccccc21)c1cccc(F)c1. The van der Waals surface area contributed by atoms with Crippen molar-refractivity contribution in [2.75, 3.05) is 18.0 Å². The van der Waals surface area contributed by atoms with Gasteiger partial charge in [-0.25, -0.2) is 4.39 Å². The minimum Gasteiger partial charge on any atom is -0.363 e. The van der Waals surface area contributed by atoms with Gasteiger partial charge in [-0.3, -0.25) is 4.79 Å². The van der Waals surface area contributed by atoms with Gasteiger partial charge in [0.15, 0.2) is 5.78 Å². The van der Waals surface area contributed by atoms with Gasteiger partial charge in [-0.1, -0.05) is 30.3 Å². The highest BCUT2D eigenvalue weighted by Gasteiger charge is 2.21. The zero-order valence-corrected chi connectivity index (χ0v) is 10.5. The molecule has 96 valence electrons. The maximum atomic E-state index is 13.1. The molecule has 0 radical (unpaired) electrons. The van der Waals surface area contributed by atoms with Gasteiger partial charge in [0.1, 0.15) is 5.82 Å². The van der Waals surface area contributed by atoms with Crippen molar-refractivity contribution in [3.63, 3.8) is 0 Å². The summed E-state index contributed by atoms with van der Waals surface area (Å²) in [6.07, 6.45) is 0.965. The molecule has 0 aromatic heterocycles. The van der Waals surface area contributed by atoms with Crippen molar-refractivity contribution >= 4 is 11.5 Å². The van der Waals surface area contributed by atoms with Gasteiger partial charge >= 0.3 is 0 Å². The maximum absolute atomic E-state index is 13.1. The highest BCUT2D eigenvalue weighted by molar-refractivity contribution is 5.99. The van der Waals surface area contributed by atoms with Gasteiger partial charge in [0.25, 0.3) is 0 Å². The Kier molecular flexibility index (Phi) is 3.03. The molecular weight excluding hydrogens is 241 g/mol. The number of carbonyl (C=O) groups excluding carboxylic acids is 1. The van der Waals surface area contributed by atoms with Crippen molar-refractivity contribution in [1.82, 2.24) is 0 Å². The highest BCUT2D eigenvalue weighted by Crippen LogP contribution is 2.27. The van der Waals surface area contributed by atoms with Crippen LogP contribution in [-0.2, 0) is 6.42 Å². The fourth-order valence-electron chi connectivity index (χ4n) is 2.50. The van der Waals surface area contributed by atoms with E-state index in [1.165, 1.54) is 17.7 Å². The van der Waals surface area contributed by atoms with E-state index in [1.54, 1.807) is 12.1 Å². The van der Waals surface area contributed by atoms with Gasteiger partial charge in [0.05, 0.1) is 6.54 Å². The predicted molar refractivity (Wildman–Crippen MR) is 73.1 cm³/mol. The average Bonchev–Trinajstić information content (AvgIpc) is 2.82. The van der Waals surface area contributed by atoms with Gasteiger partial charge in [-0.2, -0.15) is 0 Å². The third kappa shape index (κ3) is 2.36. The van der Waals surface area contributed by atoms with Crippen LogP contribution in [0.15, 0.2) is 48.5 Å². The molecule has 0 N–H and O–H groups in total. The Hall–Kier alpha value is -2.16. The lowest BCUT2D eigenvalue weighted by Gasteiger charge is -2.18. The van der Waals surface area contributed by atoms with Crippen molar-refractivity contribution in [3.05, 3.63) is 65.5 Å². The molecule has 0 saturated carbocycles. The number of benzene rings is 2. The molecule has 0 spiro atoms. The molecule has 1 aliphatic heterocycles. The summed E-state index contributed by atoms with van der Waals surface area (Å²) >= 11 is 0. The first kappa shape index (κ1) is 11.9. The molecule has 0 aliphatic carbocycles. The first-order chi connectivity index (χ1) is 9.24. The minimum atomic E-state index is -0.368. The van der Waals surface area contributed by atoms with Gasteiger partial charge in [0.2, 0.25) is 0 Å². The van der Waals surface area contributed by atoms with Gasteiger partial charge in [-0.15, -0.1) is 0 Å². The summed E-state index contributed by atoms with van der Waals surface area (Å²) in [5, 5.41) is 0. The normalized spacial score (nSPS) is 13.4. The number of hydrogen-bond donors (Lipinski definition) is 0. The molecule has 0 amide bonds. The van der Waals surface area contributed by atoms with Crippen LogP contribution < -0.4 is 4.90 Å². The lowest BCUT2D eigenvalue weighted by atomic mass is 10.1. The highest BCUT2D eigenvalue weighted by atomic mass is 19.1. The van der Waals surface area contributed by atoms with Crippen LogP contribution in [0.2, 0.25) is 0 Å². The monoisotopic (exact) mass is 255 g/mol. The van der Waals surface area contributed by atoms with Crippen molar-refractivity contribution in [2.45, 2.75) is 6.42 Å². The van der Waals surface area contributed by atoms with Crippen LogP contribution in [-0.4, -0.2) is 18.9 Å². The predicted octanol–water partition coefficient (Wildman–Crippen LogP) is 3.07. The van der Waals surface area contributed by atoms with Crippen molar-refractivity contribution in [2.24, 2.45) is 0 Å². The van der Waals surface area contributed by atoms with Crippen LogP contribution in [0, 0.1) is 5.82 Å². The molecule has 0 atom stereocenters. The Balaban J connectivity index is 1.78.